The van der Waals surface area contributed by atoms with E-state index in [1.165, 1.54) is 38.5 Å². The van der Waals surface area contributed by atoms with Gasteiger partial charge in [0.2, 0.25) is 0 Å². The van der Waals surface area contributed by atoms with Crippen molar-refractivity contribution in [3.63, 3.8) is 0 Å². The van der Waals surface area contributed by atoms with Crippen LogP contribution in [0, 0.1) is 0 Å². The van der Waals surface area contributed by atoms with Crippen molar-refractivity contribution in [3.05, 3.63) is 109 Å². The average Bonchev–Trinajstić information content (AvgIpc) is 3.23. The number of carbonyl (C=O) groups is 3. The lowest BCUT2D eigenvalue weighted by molar-refractivity contribution is -0.166. The minimum atomic E-state index is -0.840. The number of hydrogen-bond donors (Lipinski definition) is 0. The van der Waals surface area contributed by atoms with Crippen LogP contribution in [0.2, 0.25) is 0 Å². The molecule has 1 atom stereocenters. The van der Waals surface area contributed by atoms with Gasteiger partial charge in [0.1, 0.15) is 13.2 Å². The Kier molecular flexibility index (Phi) is 43.6. The Labute approximate surface area is 361 Å². The molecule has 0 saturated carbocycles. The van der Waals surface area contributed by atoms with Gasteiger partial charge in [-0.2, -0.15) is 0 Å². The highest BCUT2D eigenvalue weighted by molar-refractivity contribution is 5.72. The highest BCUT2D eigenvalue weighted by Crippen LogP contribution is 2.12. The first-order valence-electron chi connectivity index (χ1n) is 23.4. The molecule has 0 N–H and O–H groups in total. The first kappa shape index (κ1) is 55.1. The molecule has 0 aliphatic carbocycles. The van der Waals surface area contributed by atoms with Crippen LogP contribution in [0.5, 0.6) is 0 Å². The smallest absolute Gasteiger partial charge is 0.310 e. The molecule has 0 aromatic rings. The van der Waals surface area contributed by atoms with E-state index in [0.717, 1.165) is 103 Å². The number of carbonyl (C=O) groups excluding carboxylic acids is 3. The number of hydrogen-bond acceptors (Lipinski definition) is 6. The van der Waals surface area contributed by atoms with Crippen LogP contribution >= 0.6 is 0 Å². The Hall–Kier alpha value is -3.93. The van der Waals surface area contributed by atoms with Crippen LogP contribution < -0.4 is 0 Å². The van der Waals surface area contributed by atoms with E-state index < -0.39 is 12.1 Å². The molecule has 0 aliphatic rings. The normalized spacial score (nSPS) is 13.1. The summed E-state index contributed by atoms with van der Waals surface area (Å²) in [5.41, 5.74) is 0. The van der Waals surface area contributed by atoms with Gasteiger partial charge < -0.3 is 14.2 Å². The summed E-state index contributed by atoms with van der Waals surface area (Å²) in [6.45, 7) is 6.25. The first-order valence-corrected chi connectivity index (χ1v) is 23.4. The second-order valence-corrected chi connectivity index (χ2v) is 14.9. The summed E-state index contributed by atoms with van der Waals surface area (Å²) in [4.78, 5) is 37.7. The number of ether oxygens (including phenoxy) is 3. The number of esters is 3. The molecule has 0 aromatic heterocycles. The standard InChI is InChI=1S/C53H84O6/c1-4-7-10-13-16-19-21-23-25-26-28-29-31-34-37-40-43-46-52(55)58-49-50(48-57-51(54)45-42-39-36-33-18-15-12-9-6-3)59-53(56)47-44-41-38-35-32-30-27-24-22-20-17-14-11-8-5-2/h7-8,10-11,16-17,19-20,23-25,27-29,32,35,41,44,50H,4-6,9,12-15,18,21-22,26,30-31,33-34,36-40,42-43,45-49H2,1-3H3/b10-7-,11-8-,19-16-,20-17-,25-23-,27-24-,29-28-,35-32-,44-41-. The van der Waals surface area contributed by atoms with Crippen LogP contribution in [0.15, 0.2) is 109 Å². The van der Waals surface area contributed by atoms with Gasteiger partial charge in [0.25, 0.3) is 0 Å². The Bertz CT molecular complexity index is 1260. The van der Waals surface area contributed by atoms with E-state index in [0.29, 0.717) is 19.3 Å². The van der Waals surface area contributed by atoms with Crippen LogP contribution in [0.1, 0.15) is 188 Å². The van der Waals surface area contributed by atoms with Crippen molar-refractivity contribution in [2.45, 2.75) is 194 Å². The van der Waals surface area contributed by atoms with Crippen LogP contribution in [-0.2, 0) is 28.6 Å². The molecule has 0 amide bonds. The minimum Gasteiger partial charge on any atom is -0.462 e. The molecule has 0 spiro atoms. The molecule has 0 aliphatic heterocycles. The van der Waals surface area contributed by atoms with Crippen molar-refractivity contribution >= 4 is 17.9 Å². The number of allylic oxidation sites excluding steroid dienone is 17. The molecule has 6 heteroatoms. The van der Waals surface area contributed by atoms with Crippen LogP contribution in [0.4, 0.5) is 0 Å². The highest BCUT2D eigenvalue weighted by Gasteiger charge is 2.19. The highest BCUT2D eigenvalue weighted by atomic mass is 16.6. The van der Waals surface area contributed by atoms with Gasteiger partial charge in [-0.3, -0.25) is 14.4 Å². The van der Waals surface area contributed by atoms with Crippen LogP contribution in [0.3, 0.4) is 0 Å². The van der Waals surface area contributed by atoms with Crippen LogP contribution in [-0.4, -0.2) is 37.2 Å². The van der Waals surface area contributed by atoms with Gasteiger partial charge >= 0.3 is 17.9 Å². The monoisotopic (exact) mass is 817 g/mol. The van der Waals surface area contributed by atoms with Gasteiger partial charge in [-0.15, -0.1) is 0 Å². The number of rotatable bonds is 40. The summed E-state index contributed by atoms with van der Waals surface area (Å²) < 4.78 is 16.6. The zero-order chi connectivity index (χ0) is 43.0. The molecule has 332 valence electrons. The second kappa shape index (κ2) is 46.8. The lowest BCUT2D eigenvalue weighted by atomic mass is 10.1. The zero-order valence-corrected chi connectivity index (χ0v) is 37.7. The average molecular weight is 817 g/mol. The Morgan fingerprint density at radius 1 is 0.373 bits per heavy atom. The molecule has 59 heavy (non-hydrogen) atoms. The lowest BCUT2D eigenvalue weighted by Crippen LogP contribution is -2.30. The molecule has 0 saturated heterocycles. The molecule has 0 bridgehead atoms. The predicted octanol–water partition coefficient (Wildman–Crippen LogP) is 15.2. The first-order chi connectivity index (χ1) is 29.0. The molecule has 1 unspecified atom stereocenters. The molecule has 0 rings (SSSR count). The largest absolute Gasteiger partial charge is 0.462 e. The van der Waals surface area contributed by atoms with Crippen LogP contribution in [0.25, 0.3) is 0 Å². The summed E-state index contributed by atoms with van der Waals surface area (Å²) in [6, 6.07) is 0. The molecule has 0 fully saturated rings. The van der Waals surface area contributed by atoms with E-state index in [9.17, 15) is 14.4 Å². The summed E-state index contributed by atoms with van der Waals surface area (Å²) in [7, 11) is 0. The SMILES string of the molecule is CC/C=C\C/C=C\C/C=C\C/C=C\C/C=C\CC(=O)OC(COC(=O)CCCCCC/C=C\C/C=C\C/C=C\C/C=C\CC)COC(=O)CCCCCCCCCCC. The molecule has 0 heterocycles. The molecule has 6 nitrogen and oxygen atoms in total. The fourth-order valence-corrected chi connectivity index (χ4v) is 5.86. The maximum Gasteiger partial charge on any atom is 0.310 e. The van der Waals surface area contributed by atoms with E-state index >= 15 is 0 Å². The molecular weight excluding hydrogens is 733 g/mol. The topological polar surface area (TPSA) is 78.9 Å². The summed E-state index contributed by atoms with van der Waals surface area (Å²) in [6.07, 6.45) is 62.4. The van der Waals surface area contributed by atoms with E-state index in [1.807, 2.05) is 6.08 Å². The van der Waals surface area contributed by atoms with Crippen molar-refractivity contribution in [3.8, 4) is 0 Å². The molecular formula is C53H84O6. The second-order valence-electron chi connectivity index (χ2n) is 14.9. The summed E-state index contributed by atoms with van der Waals surface area (Å²) in [5.74, 6) is -1.09. The fraction of sp³-hybridized carbons (Fsp3) is 0.604. The summed E-state index contributed by atoms with van der Waals surface area (Å²) >= 11 is 0. The van der Waals surface area contributed by atoms with Gasteiger partial charge in [-0.05, 0) is 83.5 Å². The van der Waals surface area contributed by atoms with Gasteiger partial charge in [0.05, 0.1) is 6.42 Å². The predicted molar refractivity (Wildman–Crippen MR) is 251 cm³/mol. The van der Waals surface area contributed by atoms with Crippen molar-refractivity contribution in [2.24, 2.45) is 0 Å². The third-order valence-corrected chi connectivity index (χ3v) is 9.31. The zero-order valence-electron chi connectivity index (χ0n) is 37.7. The van der Waals surface area contributed by atoms with Crippen molar-refractivity contribution < 1.29 is 28.6 Å². The van der Waals surface area contributed by atoms with Gasteiger partial charge in [-0.1, -0.05) is 194 Å². The van der Waals surface area contributed by atoms with Gasteiger partial charge in [-0.25, -0.2) is 0 Å². The number of unbranched alkanes of at least 4 members (excludes halogenated alkanes) is 12. The minimum absolute atomic E-state index is 0.0886. The third kappa shape index (κ3) is 45.0. The van der Waals surface area contributed by atoms with Gasteiger partial charge in [0.15, 0.2) is 6.10 Å². The van der Waals surface area contributed by atoms with Crippen molar-refractivity contribution in [1.82, 2.24) is 0 Å². The van der Waals surface area contributed by atoms with Crippen molar-refractivity contribution in [1.29, 1.82) is 0 Å². The fourth-order valence-electron chi connectivity index (χ4n) is 5.86. The Balaban J connectivity index is 4.54. The van der Waals surface area contributed by atoms with E-state index in [1.54, 1.807) is 6.08 Å². The third-order valence-electron chi connectivity index (χ3n) is 9.31. The van der Waals surface area contributed by atoms with Gasteiger partial charge in [0, 0.05) is 12.8 Å². The summed E-state index contributed by atoms with van der Waals surface area (Å²) in [5, 5.41) is 0. The van der Waals surface area contributed by atoms with E-state index in [-0.39, 0.29) is 31.6 Å². The lowest BCUT2D eigenvalue weighted by Gasteiger charge is -2.18. The quantitative estimate of drug-likeness (QED) is 0.0265. The maximum absolute atomic E-state index is 12.7. The van der Waals surface area contributed by atoms with E-state index in [4.69, 9.17) is 14.2 Å². The Morgan fingerprint density at radius 2 is 0.712 bits per heavy atom. The molecule has 0 radical (unpaired) electrons. The Morgan fingerprint density at radius 3 is 1.12 bits per heavy atom. The maximum atomic E-state index is 12.7. The van der Waals surface area contributed by atoms with Crippen molar-refractivity contribution in [2.75, 3.05) is 13.2 Å². The van der Waals surface area contributed by atoms with E-state index in [2.05, 4.69) is 118 Å². The molecule has 0 aromatic carbocycles.